The summed E-state index contributed by atoms with van der Waals surface area (Å²) >= 11 is 0. The van der Waals surface area contributed by atoms with E-state index in [0.29, 0.717) is 17.5 Å². The fourth-order valence-corrected chi connectivity index (χ4v) is 4.81. The van der Waals surface area contributed by atoms with E-state index in [-0.39, 0.29) is 24.2 Å². The molecule has 2 N–H and O–H groups in total. The standard InChI is InChI=1S/C21H27FN4O/c22-19-12-18(26-8-2-1-3-9-26)7-5-14(19)10-17(13-23)25-21(27)20-15-4-6-16(11-15)24-20/h5,7,12,15-17,20,24H,1-4,6,8-11H2,(H,25,27)/t15-,16+,17-,20-/m0/s1. The zero-order valence-corrected chi connectivity index (χ0v) is 15.6. The van der Waals surface area contributed by atoms with Gasteiger partial charge in [-0.05, 0) is 62.1 Å². The Hall–Kier alpha value is -2.13. The number of nitrogens with zero attached hydrogens (tertiary/aromatic N) is 2. The highest BCUT2D eigenvalue weighted by atomic mass is 19.1. The van der Waals surface area contributed by atoms with Crippen LogP contribution >= 0.6 is 0 Å². The number of carbonyl (C=O) groups is 1. The summed E-state index contributed by atoms with van der Waals surface area (Å²) in [7, 11) is 0. The number of halogens is 1. The van der Waals surface area contributed by atoms with E-state index in [1.54, 1.807) is 12.1 Å². The molecule has 0 spiro atoms. The molecule has 3 fully saturated rings. The predicted molar refractivity (Wildman–Crippen MR) is 102 cm³/mol. The van der Waals surface area contributed by atoms with Crippen LogP contribution in [0.2, 0.25) is 0 Å². The second-order valence-corrected chi connectivity index (χ2v) is 8.13. The van der Waals surface area contributed by atoms with Crippen LogP contribution in [0.25, 0.3) is 0 Å². The molecule has 4 atom stereocenters. The van der Waals surface area contributed by atoms with Crippen LogP contribution in [0.15, 0.2) is 18.2 Å². The second-order valence-electron chi connectivity index (χ2n) is 8.13. The third-order valence-corrected chi connectivity index (χ3v) is 6.30. The van der Waals surface area contributed by atoms with Crippen molar-refractivity contribution in [2.75, 3.05) is 18.0 Å². The number of amides is 1. The number of benzene rings is 1. The van der Waals surface area contributed by atoms with E-state index in [2.05, 4.69) is 21.6 Å². The number of nitriles is 1. The number of nitrogens with one attached hydrogen (secondary N) is 2. The monoisotopic (exact) mass is 370 g/mol. The quantitative estimate of drug-likeness (QED) is 0.836. The molecule has 1 aromatic rings. The van der Waals surface area contributed by atoms with E-state index in [9.17, 15) is 14.4 Å². The number of hydrogen-bond acceptors (Lipinski definition) is 4. The van der Waals surface area contributed by atoms with Crippen LogP contribution in [0.5, 0.6) is 0 Å². The molecule has 6 heteroatoms. The minimum Gasteiger partial charge on any atom is -0.371 e. The fourth-order valence-electron chi connectivity index (χ4n) is 4.81. The summed E-state index contributed by atoms with van der Waals surface area (Å²) in [6.45, 7) is 1.93. The summed E-state index contributed by atoms with van der Waals surface area (Å²) in [4.78, 5) is 14.7. The number of anilines is 1. The first-order chi connectivity index (χ1) is 13.1. The first-order valence-electron chi connectivity index (χ1n) is 10.1. The summed E-state index contributed by atoms with van der Waals surface area (Å²) in [5.74, 6) is -0.0559. The van der Waals surface area contributed by atoms with Crippen molar-refractivity contribution in [2.24, 2.45) is 5.92 Å². The Bertz CT molecular complexity index is 740. The summed E-state index contributed by atoms with van der Waals surface area (Å²) < 4.78 is 14.6. The fraction of sp³-hybridized carbons (Fsp3) is 0.619. The summed E-state index contributed by atoms with van der Waals surface area (Å²) in [6.07, 6.45) is 6.95. The Balaban J connectivity index is 1.38. The van der Waals surface area contributed by atoms with Gasteiger partial charge in [0.05, 0.1) is 12.1 Å². The molecular formula is C21H27FN4O. The van der Waals surface area contributed by atoms with Gasteiger partial charge in [-0.25, -0.2) is 4.39 Å². The minimum absolute atomic E-state index is 0.126. The summed E-state index contributed by atoms with van der Waals surface area (Å²) in [6, 6.07) is 6.88. The zero-order chi connectivity index (χ0) is 18.8. The van der Waals surface area contributed by atoms with Gasteiger partial charge < -0.3 is 15.5 Å². The molecule has 4 rings (SSSR count). The zero-order valence-electron chi connectivity index (χ0n) is 15.6. The molecule has 1 aliphatic carbocycles. The highest BCUT2D eigenvalue weighted by molar-refractivity contribution is 5.83. The smallest absolute Gasteiger partial charge is 0.238 e. The molecule has 2 saturated heterocycles. The molecule has 0 unspecified atom stereocenters. The molecule has 1 amide bonds. The molecule has 5 nitrogen and oxygen atoms in total. The van der Waals surface area contributed by atoms with Crippen LogP contribution in [-0.4, -0.2) is 37.1 Å². The maximum atomic E-state index is 14.6. The van der Waals surface area contributed by atoms with Crippen molar-refractivity contribution in [1.29, 1.82) is 5.26 Å². The van der Waals surface area contributed by atoms with E-state index in [1.807, 2.05) is 6.07 Å². The molecular weight excluding hydrogens is 343 g/mol. The highest BCUT2D eigenvalue weighted by Crippen LogP contribution is 2.35. The molecule has 27 heavy (non-hydrogen) atoms. The minimum atomic E-state index is -0.714. The highest BCUT2D eigenvalue weighted by Gasteiger charge is 2.43. The van der Waals surface area contributed by atoms with Gasteiger partial charge >= 0.3 is 0 Å². The van der Waals surface area contributed by atoms with Crippen molar-refractivity contribution in [3.05, 3.63) is 29.6 Å². The lowest BCUT2D eigenvalue weighted by molar-refractivity contribution is -0.124. The van der Waals surface area contributed by atoms with Crippen molar-refractivity contribution in [1.82, 2.24) is 10.6 Å². The Labute approximate surface area is 159 Å². The normalized spacial score (nSPS) is 28.0. The maximum absolute atomic E-state index is 14.6. The molecule has 0 radical (unpaired) electrons. The van der Waals surface area contributed by atoms with Gasteiger partial charge in [0.2, 0.25) is 5.91 Å². The number of piperidine rings is 2. The second kappa shape index (κ2) is 7.85. The van der Waals surface area contributed by atoms with E-state index in [0.717, 1.165) is 50.9 Å². The Kier molecular flexibility index (Phi) is 5.31. The topological polar surface area (TPSA) is 68.2 Å². The molecule has 144 valence electrons. The van der Waals surface area contributed by atoms with Gasteiger partial charge in [-0.3, -0.25) is 4.79 Å². The molecule has 2 heterocycles. The molecule has 2 aliphatic heterocycles. The average molecular weight is 370 g/mol. The van der Waals surface area contributed by atoms with Gasteiger partial charge in [0.25, 0.3) is 0 Å². The van der Waals surface area contributed by atoms with Crippen molar-refractivity contribution >= 4 is 11.6 Å². The van der Waals surface area contributed by atoms with Crippen molar-refractivity contribution < 1.29 is 9.18 Å². The van der Waals surface area contributed by atoms with Crippen LogP contribution in [0.4, 0.5) is 10.1 Å². The van der Waals surface area contributed by atoms with E-state index < -0.39 is 6.04 Å². The molecule has 3 aliphatic rings. The number of carbonyl (C=O) groups excluding carboxylic acids is 1. The maximum Gasteiger partial charge on any atom is 0.238 e. The predicted octanol–water partition coefficient (Wildman–Crippen LogP) is 2.51. The Morgan fingerprint density at radius 3 is 2.78 bits per heavy atom. The van der Waals surface area contributed by atoms with Gasteiger partial charge in [-0.15, -0.1) is 0 Å². The third-order valence-electron chi connectivity index (χ3n) is 6.30. The average Bonchev–Trinajstić information content (AvgIpc) is 3.33. The first kappa shape index (κ1) is 18.2. The largest absolute Gasteiger partial charge is 0.371 e. The van der Waals surface area contributed by atoms with Gasteiger partial charge in [0, 0.05) is 31.2 Å². The van der Waals surface area contributed by atoms with E-state index in [4.69, 9.17) is 0 Å². The Morgan fingerprint density at radius 1 is 1.33 bits per heavy atom. The molecule has 1 saturated carbocycles. The van der Waals surface area contributed by atoms with Crippen LogP contribution in [0.3, 0.4) is 0 Å². The molecule has 1 aromatic carbocycles. The van der Waals surface area contributed by atoms with E-state index >= 15 is 0 Å². The number of fused-ring (bicyclic) bond motifs is 2. The van der Waals surface area contributed by atoms with Crippen molar-refractivity contribution in [3.63, 3.8) is 0 Å². The number of hydrogen-bond donors (Lipinski definition) is 2. The lowest BCUT2D eigenvalue weighted by atomic mass is 9.98. The first-order valence-corrected chi connectivity index (χ1v) is 10.1. The SMILES string of the molecule is N#C[C@H](Cc1ccc(N2CCCCC2)cc1F)NC(=O)[C@H]1N[C@@H]2CC[C@H]1C2. The van der Waals surface area contributed by atoms with Crippen LogP contribution in [0, 0.1) is 23.1 Å². The third kappa shape index (κ3) is 3.93. The van der Waals surface area contributed by atoms with Crippen molar-refractivity contribution in [3.8, 4) is 6.07 Å². The van der Waals surface area contributed by atoms with Crippen LogP contribution < -0.4 is 15.5 Å². The molecule has 2 bridgehead atoms. The van der Waals surface area contributed by atoms with Crippen LogP contribution in [-0.2, 0) is 11.2 Å². The van der Waals surface area contributed by atoms with Gasteiger partial charge in [0.15, 0.2) is 0 Å². The summed E-state index contributed by atoms with van der Waals surface area (Å²) in [5.41, 5.74) is 1.38. The summed E-state index contributed by atoms with van der Waals surface area (Å²) in [5, 5.41) is 15.6. The van der Waals surface area contributed by atoms with Crippen molar-refractivity contribution in [2.45, 2.75) is 63.1 Å². The van der Waals surface area contributed by atoms with Crippen LogP contribution in [0.1, 0.15) is 44.1 Å². The lowest BCUT2D eigenvalue weighted by Gasteiger charge is -2.29. The Morgan fingerprint density at radius 2 is 2.15 bits per heavy atom. The van der Waals surface area contributed by atoms with Gasteiger partial charge in [-0.2, -0.15) is 5.26 Å². The van der Waals surface area contributed by atoms with Gasteiger partial charge in [0.1, 0.15) is 11.9 Å². The van der Waals surface area contributed by atoms with Gasteiger partial charge in [-0.1, -0.05) is 6.07 Å². The number of rotatable bonds is 5. The van der Waals surface area contributed by atoms with E-state index in [1.165, 1.54) is 6.42 Å². The molecule has 0 aromatic heterocycles. The lowest BCUT2D eigenvalue weighted by Crippen LogP contribution is -2.50.